The molecule has 104 valence electrons. The Morgan fingerprint density at radius 1 is 1.26 bits per heavy atom. The molecule has 1 aliphatic rings. The first-order chi connectivity index (χ1) is 9.09. The molecule has 1 unspecified atom stereocenters. The maximum absolute atomic E-state index is 12.4. The van der Waals surface area contributed by atoms with E-state index in [-0.39, 0.29) is 11.9 Å². The van der Waals surface area contributed by atoms with Crippen LogP contribution in [0.2, 0.25) is 10.0 Å². The van der Waals surface area contributed by atoms with Crippen LogP contribution < -0.4 is 5.32 Å². The first kappa shape index (κ1) is 14.6. The Balaban J connectivity index is 2.10. The highest BCUT2D eigenvalue weighted by atomic mass is 35.5. The molecule has 0 bridgehead atoms. The third kappa shape index (κ3) is 3.62. The number of amides is 1. The van der Waals surface area contributed by atoms with Crippen LogP contribution in [0.4, 0.5) is 0 Å². The van der Waals surface area contributed by atoms with E-state index in [1.165, 1.54) is 0 Å². The summed E-state index contributed by atoms with van der Waals surface area (Å²) in [5.74, 6) is 0.00506. The maximum Gasteiger partial charge on any atom is 0.253 e. The summed E-state index contributed by atoms with van der Waals surface area (Å²) >= 11 is 11.8. The predicted octanol–water partition coefficient (Wildman–Crippen LogP) is 3.21. The fraction of sp³-hybridized carbons (Fsp3) is 0.500. The zero-order valence-corrected chi connectivity index (χ0v) is 12.5. The highest BCUT2D eigenvalue weighted by Crippen LogP contribution is 2.24. The summed E-state index contributed by atoms with van der Waals surface area (Å²) in [6.07, 6.45) is 3.13. The van der Waals surface area contributed by atoms with Gasteiger partial charge < -0.3 is 10.2 Å². The summed E-state index contributed by atoms with van der Waals surface area (Å²) in [7, 11) is 1.86. The van der Waals surface area contributed by atoms with E-state index in [1.807, 2.05) is 11.9 Å². The Hall–Kier alpha value is -0.770. The highest BCUT2D eigenvalue weighted by Gasteiger charge is 2.22. The number of benzene rings is 1. The van der Waals surface area contributed by atoms with E-state index < -0.39 is 0 Å². The highest BCUT2D eigenvalue weighted by molar-refractivity contribution is 6.42. The Bertz CT molecular complexity index is 457. The van der Waals surface area contributed by atoms with Crippen molar-refractivity contribution in [2.24, 2.45) is 0 Å². The molecule has 0 aliphatic carbocycles. The van der Waals surface area contributed by atoms with Crippen molar-refractivity contribution in [3.63, 3.8) is 0 Å². The molecular formula is C14H18Cl2N2O. The van der Waals surface area contributed by atoms with E-state index in [2.05, 4.69) is 5.32 Å². The number of carbonyl (C=O) groups is 1. The molecule has 0 radical (unpaired) electrons. The molecule has 0 aromatic heterocycles. The van der Waals surface area contributed by atoms with Crippen molar-refractivity contribution in [3.8, 4) is 0 Å². The van der Waals surface area contributed by atoms with Gasteiger partial charge in [0.05, 0.1) is 10.0 Å². The molecule has 1 saturated heterocycles. The minimum atomic E-state index is 0.00506. The van der Waals surface area contributed by atoms with Crippen molar-refractivity contribution in [2.45, 2.75) is 25.3 Å². The van der Waals surface area contributed by atoms with Gasteiger partial charge in [0.2, 0.25) is 0 Å². The van der Waals surface area contributed by atoms with Crippen LogP contribution in [0.1, 0.15) is 29.6 Å². The monoisotopic (exact) mass is 300 g/mol. The molecular weight excluding hydrogens is 283 g/mol. The third-order valence-corrected chi connectivity index (χ3v) is 4.32. The van der Waals surface area contributed by atoms with E-state index in [9.17, 15) is 4.79 Å². The number of nitrogens with zero attached hydrogens (tertiary/aromatic N) is 1. The third-order valence-electron chi connectivity index (χ3n) is 3.58. The van der Waals surface area contributed by atoms with Gasteiger partial charge in [-0.3, -0.25) is 4.79 Å². The normalized spacial score (nSPS) is 19.8. The predicted molar refractivity (Wildman–Crippen MR) is 79.1 cm³/mol. The second-order valence-electron chi connectivity index (χ2n) is 4.88. The van der Waals surface area contributed by atoms with Crippen LogP contribution in [-0.4, -0.2) is 37.0 Å². The fourth-order valence-corrected chi connectivity index (χ4v) is 2.68. The molecule has 1 N–H and O–H groups in total. The van der Waals surface area contributed by atoms with Gasteiger partial charge in [-0.2, -0.15) is 0 Å². The van der Waals surface area contributed by atoms with E-state index in [4.69, 9.17) is 23.2 Å². The maximum atomic E-state index is 12.4. The lowest BCUT2D eigenvalue weighted by atomic mass is 10.1. The van der Waals surface area contributed by atoms with Gasteiger partial charge in [0, 0.05) is 18.7 Å². The molecule has 5 heteroatoms. The van der Waals surface area contributed by atoms with Crippen LogP contribution in [0, 0.1) is 0 Å². The average molecular weight is 301 g/mol. The zero-order chi connectivity index (χ0) is 13.8. The second-order valence-corrected chi connectivity index (χ2v) is 5.69. The summed E-state index contributed by atoms with van der Waals surface area (Å²) in [6.45, 7) is 2.00. The van der Waals surface area contributed by atoms with E-state index in [1.54, 1.807) is 18.2 Å². The number of hydrogen-bond donors (Lipinski definition) is 1. The lowest BCUT2D eigenvalue weighted by Crippen LogP contribution is -2.37. The SMILES string of the molecule is CN(C(=O)c1ccc(Cl)c(Cl)c1)C1CCCNCC1. The first-order valence-electron chi connectivity index (χ1n) is 6.52. The Morgan fingerprint density at radius 3 is 2.79 bits per heavy atom. The van der Waals surface area contributed by atoms with Gasteiger partial charge in [-0.25, -0.2) is 0 Å². The molecule has 3 nitrogen and oxygen atoms in total. The minimum Gasteiger partial charge on any atom is -0.339 e. The topological polar surface area (TPSA) is 32.3 Å². The summed E-state index contributed by atoms with van der Waals surface area (Å²) in [5, 5.41) is 4.24. The molecule has 0 spiro atoms. The molecule has 1 heterocycles. The van der Waals surface area contributed by atoms with Crippen LogP contribution >= 0.6 is 23.2 Å². The molecule has 1 fully saturated rings. The van der Waals surface area contributed by atoms with Crippen LogP contribution in [0.3, 0.4) is 0 Å². The molecule has 2 rings (SSSR count). The van der Waals surface area contributed by atoms with Crippen LogP contribution in [0.25, 0.3) is 0 Å². The van der Waals surface area contributed by atoms with Crippen LogP contribution in [0.5, 0.6) is 0 Å². The van der Waals surface area contributed by atoms with Gasteiger partial charge in [-0.05, 0) is 50.6 Å². The first-order valence-corrected chi connectivity index (χ1v) is 7.28. The summed E-state index contributed by atoms with van der Waals surface area (Å²) < 4.78 is 0. The lowest BCUT2D eigenvalue weighted by molar-refractivity contribution is 0.0720. The lowest BCUT2D eigenvalue weighted by Gasteiger charge is -2.27. The number of rotatable bonds is 2. The minimum absolute atomic E-state index is 0.00506. The molecule has 1 atom stereocenters. The van der Waals surface area contributed by atoms with Gasteiger partial charge in [0.1, 0.15) is 0 Å². The van der Waals surface area contributed by atoms with Gasteiger partial charge in [0.15, 0.2) is 0 Å². The molecule has 1 aromatic carbocycles. The van der Waals surface area contributed by atoms with Gasteiger partial charge in [-0.1, -0.05) is 23.2 Å². The summed E-state index contributed by atoms with van der Waals surface area (Å²) in [5.41, 5.74) is 0.592. The molecule has 1 amide bonds. The van der Waals surface area contributed by atoms with Gasteiger partial charge in [0.25, 0.3) is 5.91 Å². The van der Waals surface area contributed by atoms with Gasteiger partial charge >= 0.3 is 0 Å². The molecule has 1 aliphatic heterocycles. The molecule has 0 saturated carbocycles. The van der Waals surface area contributed by atoms with Crippen molar-refractivity contribution in [1.29, 1.82) is 0 Å². The quantitative estimate of drug-likeness (QED) is 0.909. The Kier molecular flexibility index (Phi) is 5.08. The smallest absolute Gasteiger partial charge is 0.253 e. The number of nitrogens with one attached hydrogen (secondary N) is 1. The second kappa shape index (κ2) is 6.60. The number of hydrogen-bond acceptors (Lipinski definition) is 2. The molecule has 1 aromatic rings. The van der Waals surface area contributed by atoms with Crippen LogP contribution in [-0.2, 0) is 0 Å². The van der Waals surface area contributed by atoms with Crippen molar-refractivity contribution < 1.29 is 4.79 Å². The van der Waals surface area contributed by atoms with Crippen molar-refractivity contribution in [2.75, 3.05) is 20.1 Å². The standard InChI is InChI=1S/C14H18Cl2N2O/c1-18(11-3-2-7-17-8-6-11)14(19)10-4-5-12(15)13(16)9-10/h4-5,9,11,17H,2-3,6-8H2,1H3. The van der Waals surface area contributed by atoms with E-state index in [0.717, 1.165) is 32.4 Å². The van der Waals surface area contributed by atoms with Crippen LogP contribution in [0.15, 0.2) is 18.2 Å². The number of halogens is 2. The largest absolute Gasteiger partial charge is 0.339 e. The zero-order valence-electron chi connectivity index (χ0n) is 11.0. The van der Waals surface area contributed by atoms with Crippen molar-refractivity contribution >= 4 is 29.1 Å². The number of carbonyl (C=O) groups excluding carboxylic acids is 1. The molecule has 19 heavy (non-hydrogen) atoms. The summed E-state index contributed by atoms with van der Waals surface area (Å²) in [6, 6.07) is 5.32. The fourth-order valence-electron chi connectivity index (χ4n) is 2.39. The Labute approximate surface area is 123 Å². The Morgan fingerprint density at radius 2 is 2.05 bits per heavy atom. The van der Waals surface area contributed by atoms with Gasteiger partial charge in [-0.15, -0.1) is 0 Å². The van der Waals surface area contributed by atoms with Crippen molar-refractivity contribution in [1.82, 2.24) is 10.2 Å². The summed E-state index contributed by atoms with van der Waals surface area (Å²) in [4.78, 5) is 14.2. The average Bonchev–Trinajstić information content (AvgIpc) is 2.69. The van der Waals surface area contributed by atoms with Crippen molar-refractivity contribution in [3.05, 3.63) is 33.8 Å². The van der Waals surface area contributed by atoms with E-state index >= 15 is 0 Å². The van der Waals surface area contributed by atoms with E-state index in [0.29, 0.717) is 15.6 Å².